The highest BCUT2D eigenvalue weighted by molar-refractivity contribution is 6.30. The number of hydrogen-bond acceptors (Lipinski definition) is 4. The van der Waals surface area contributed by atoms with Crippen LogP contribution in [0.4, 0.5) is 0 Å². The first kappa shape index (κ1) is 36.2. The molecule has 7 nitrogen and oxygen atoms in total. The Labute approximate surface area is 268 Å². The van der Waals surface area contributed by atoms with Crippen molar-refractivity contribution in [3.63, 3.8) is 0 Å². The predicted molar refractivity (Wildman–Crippen MR) is 176 cm³/mol. The number of fused-ring (bicyclic) bond motifs is 1. The van der Waals surface area contributed by atoms with Crippen LogP contribution in [-0.4, -0.2) is 63.0 Å². The van der Waals surface area contributed by atoms with E-state index in [4.69, 9.17) is 21.3 Å². The highest BCUT2D eigenvalue weighted by Crippen LogP contribution is 2.25. The molecule has 0 radical (unpaired) electrons. The van der Waals surface area contributed by atoms with E-state index in [1.165, 1.54) is 38.8 Å². The minimum atomic E-state index is 0. The Morgan fingerprint density at radius 1 is 0.952 bits per heavy atom. The van der Waals surface area contributed by atoms with Gasteiger partial charge in [0.2, 0.25) is 5.91 Å². The maximum atomic E-state index is 13.3. The Morgan fingerprint density at radius 3 is 2.45 bits per heavy atom. The van der Waals surface area contributed by atoms with E-state index in [1.54, 1.807) is 0 Å². The number of para-hydroxylation sites is 1. The minimum Gasteiger partial charge on any atom is -0.486 e. The van der Waals surface area contributed by atoms with Crippen LogP contribution in [0, 0.1) is 6.92 Å². The summed E-state index contributed by atoms with van der Waals surface area (Å²) in [5, 5.41) is 0.692. The molecule has 2 fully saturated rings. The number of benzene rings is 2. The Balaban J connectivity index is 0.00000205. The molecule has 0 unspecified atom stereocenters. The normalized spacial score (nSPS) is 17.2. The van der Waals surface area contributed by atoms with Gasteiger partial charge in [0.1, 0.15) is 18.2 Å². The zero-order valence-electron chi connectivity index (χ0n) is 24.7. The number of aromatic nitrogens is 2. The van der Waals surface area contributed by atoms with Gasteiger partial charge in [0.25, 0.3) is 0 Å². The monoisotopic (exact) mass is 640 g/mol. The summed E-state index contributed by atoms with van der Waals surface area (Å²) in [7, 11) is 0. The molecule has 0 saturated carbocycles. The molecule has 3 heterocycles. The second-order valence-corrected chi connectivity index (χ2v) is 11.7. The van der Waals surface area contributed by atoms with Gasteiger partial charge in [-0.25, -0.2) is 4.98 Å². The zero-order valence-corrected chi connectivity index (χ0v) is 27.1. The van der Waals surface area contributed by atoms with Crippen LogP contribution in [0.3, 0.4) is 0 Å². The quantitative estimate of drug-likeness (QED) is 0.211. The number of rotatable bonds is 11. The zero-order chi connectivity index (χ0) is 27.0. The number of aryl methyl sites for hydroxylation is 2. The molecule has 234 valence electrons. The number of nitrogens with zero attached hydrogens (tertiary/aromatic N) is 4. The molecule has 3 aromatic rings. The van der Waals surface area contributed by atoms with Crippen LogP contribution in [0.1, 0.15) is 75.6 Å². The van der Waals surface area contributed by atoms with Gasteiger partial charge >= 0.3 is 0 Å². The van der Waals surface area contributed by atoms with Crippen molar-refractivity contribution in [3.05, 3.63) is 58.9 Å². The smallest absolute Gasteiger partial charge is 0.222 e. The van der Waals surface area contributed by atoms with E-state index >= 15 is 0 Å². The van der Waals surface area contributed by atoms with Crippen molar-refractivity contribution in [1.82, 2.24) is 19.4 Å². The van der Waals surface area contributed by atoms with Crippen molar-refractivity contribution < 1.29 is 15.0 Å². The summed E-state index contributed by atoms with van der Waals surface area (Å²) >= 11 is 6.02. The molecule has 0 bridgehead atoms. The highest BCUT2D eigenvalue weighted by Gasteiger charge is 2.27. The third-order valence-electron chi connectivity index (χ3n) is 8.44. The number of hydrogen-bond donors (Lipinski definition) is 0. The topological polar surface area (TPSA) is 82.1 Å². The Bertz CT molecular complexity index is 1230. The Hall–Kier alpha value is -2.03. The van der Waals surface area contributed by atoms with Crippen LogP contribution in [-0.2, 0) is 17.9 Å². The van der Waals surface area contributed by atoms with E-state index in [0.29, 0.717) is 30.0 Å². The summed E-state index contributed by atoms with van der Waals surface area (Å²) in [6.07, 6.45) is 11.2. The van der Waals surface area contributed by atoms with Gasteiger partial charge in [-0.2, -0.15) is 0 Å². The van der Waals surface area contributed by atoms with Gasteiger partial charge in [-0.1, -0.05) is 30.2 Å². The molecule has 42 heavy (non-hydrogen) atoms. The van der Waals surface area contributed by atoms with E-state index < -0.39 is 0 Å². The maximum absolute atomic E-state index is 13.3. The second-order valence-electron chi connectivity index (χ2n) is 11.2. The molecule has 2 N–H and O–H groups in total. The summed E-state index contributed by atoms with van der Waals surface area (Å²) in [6, 6.07) is 14.2. The number of ether oxygens (including phenoxy) is 1. The standard InChI is InChI=1S/C32H43ClN4O2.2ClH.H2O/c1-25-10-9-12-29-32(25)34-30(24-39-28-16-14-26(33)15-17-28)37(29)22-8-4-13-31(38)36-21-7-3-11-27(36)18-23-35-19-5-2-6-20-35;;;/h9-10,12,14-17,27H,2-8,11,13,18-24H2,1H3;2*1H;1H2/t27-;;;/m1.../s1. The lowest BCUT2D eigenvalue weighted by atomic mass is 9.97. The number of carbonyl (C=O) groups excluding carboxylic acids is 1. The van der Waals surface area contributed by atoms with Crippen LogP contribution >= 0.6 is 36.4 Å². The van der Waals surface area contributed by atoms with E-state index in [2.05, 4.69) is 39.5 Å². The van der Waals surface area contributed by atoms with Crippen molar-refractivity contribution in [1.29, 1.82) is 0 Å². The van der Waals surface area contributed by atoms with E-state index in [0.717, 1.165) is 79.9 Å². The number of halogens is 3. The minimum absolute atomic E-state index is 0. The molecule has 5 rings (SSSR count). The molecule has 2 aromatic carbocycles. The first-order chi connectivity index (χ1) is 19.1. The van der Waals surface area contributed by atoms with Crippen LogP contribution in [0.2, 0.25) is 5.02 Å². The van der Waals surface area contributed by atoms with Crippen molar-refractivity contribution in [2.45, 2.75) is 90.3 Å². The summed E-state index contributed by atoms with van der Waals surface area (Å²) in [4.78, 5) is 23.0. The molecule has 0 spiro atoms. The first-order valence-corrected chi connectivity index (χ1v) is 15.3. The molecule has 1 amide bonds. The van der Waals surface area contributed by atoms with E-state index in [-0.39, 0.29) is 30.3 Å². The fourth-order valence-corrected chi connectivity index (χ4v) is 6.33. The second kappa shape index (κ2) is 17.9. The molecular formula is C32H47Cl3N4O3. The summed E-state index contributed by atoms with van der Waals surface area (Å²) < 4.78 is 8.32. The molecule has 1 aromatic heterocycles. The van der Waals surface area contributed by atoms with Crippen molar-refractivity contribution in [2.24, 2.45) is 0 Å². The van der Waals surface area contributed by atoms with Gasteiger partial charge in [0.15, 0.2) is 0 Å². The largest absolute Gasteiger partial charge is 0.486 e. The summed E-state index contributed by atoms with van der Waals surface area (Å²) in [5.41, 5.74) is 3.31. The average molecular weight is 642 g/mol. The highest BCUT2D eigenvalue weighted by atomic mass is 35.5. The molecule has 10 heteroatoms. The van der Waals surface area contributed by atoms with Gasteiger partial charge in [-0.3, -0.25) is 4.79 Å². The predicted octanol–water partition coefficient (Wildman–Crippen LogP) is 7.02. The molecule has 0 aliphatic carbocycles. The molecule has 2 saturated heterocycles. The number of likely N-dealkylation sites (tertiary alicyclic amines) is 2. The lowest BCUT2D eigenvalue weighted by Crippen LogP contribution is -2.45. The average Bonchev–Trinajstić information content (AvgIpc) is 3.33. The Morgan fingerprint density at radius 2 is 1.69 bits per heavy atom. The number of piperidine rings is 2. The van der Waals surface area contributed by atoms with Crippen molar-refractivity contribution in [2.75, 3.05) is 26.2 Å². The molecular weight excluding hydrogens is 595 g/mol. The van der Waals surface area contributed by atoms with E-state index in [9.17, 15) is 4.79 Å². The Kier molecular flexibility index (Phi) is 15.4. The lowest BCUT2D eigenvalue weighted by Gasteiger charge is -2.37. The van der Waals surface area contributed by atoms with Crippen molar-refractivity contribution in [3.8, 4) is 5.75 Å². The number of imidazole rings is 1. The fourth-order valence-electron chi connectivity index (χ4n) is 6.21. The van der Waals surface area contributed by atoms with Crippen LogP contribution in [0.15, 0.2) is 42.5 Å². The summed E-state index contributed by atoms with van der Waals surface area (Å²) in [6.45, 7) is 7.85. The van der Waals surface area contributed by atoms with Gasteiger partial charge in [0.05, 0.1) is 11.0 Å². The van der Waals surface area contributed by atoms with Crippen molar-refractivity contribution >= 4 is 53.4 Å². The third-order valence-corrected chi connectivity index (χ3v) is 8.69. The van der Waals surface area contributed by atoms with Gasteiger partial charge in [0, 0.05) is 37.1 Å². The van der Waals surface area contributed by atoms with Gasteiger partial charge < -0.3 is 24.6 Å². The van der Waals surface area contributed by atoms with Gasteiger partial charge in [-0.15, -0.1) is 24.8 Å². The fraction of sp³-hybridized carbons (Fsp3) is 0.562. The maximum Gasteiger partial charge on any atom is 0.222 e. The van der Waals surface area contributed by atoms with Crippen LogP contribution in [0.5, 0.6) is 5.75 Å². The van der Waals surface area contributed by atoms with Crippen LogP contribution in [0.25, 0.3) is 11.0 Å². The SMILES string of the molecule is Cc1cccc2c1nc(COc1ccc(Cl)cc1)n2CCCCC(=O)N1CCCC[C@@H]1CCN1CCCCC1.Cl.Cl.O. The summed E-state index contributed by atoms with van der Waals surface area (Å²) in [5.74, 6) is 2.03. The molecule has 1 atom stereocenters. The van der Waals surface area contributed by atoms with Gasteiger partial charge in [-0.05, 0) is 107 Å². The number of carbonyl (C=O) groups is 1. The first-order valence-electron chi connectivity index (χ1n) is 14.9. The molecule has 2 aliphatic rings. The van der Waals surface area contributed by atoms with Crippen LogP contribution < -0.4 is 4.74 Å². The molecule has 2 aliphatic heterocycles. The number of unbranched alkanes of at least 4 members (excludes halogenated alkanes) is 1. The van der Waals surface area contributed by atoms with E-state index in [1.807, 2.05) is 24.3 Å². The lowest BCUT2D eigenvalue weighted by molar-refractivity contribution is -0.135. The third kappa shape index (κ3) is 9.48. The number of amides is 1.